The van der Waals surface area contributed by atoms with E-state index in [0.717, 1.165) is 24.8 Å². The number of carboxylic acids is 1. The fourth-order valence-corrected chi connectivity index (χ4v) is 4.15. The summed E-state index contributed by atoms with van der Waals surface area (Å²) < 4.78 is 19.9. The maximum atomic E-state index is 14.2. The quantitative estimate of drug-likeness (QED) is 0.277. The molecule has 0 spiro atoms. The van der Waals surface area contributed by atoms with Crippen LogP contribution in [-0.2, 0) is 14.4 Å². The molecule has 1 saturated heterocycles. The number of carboxylic acid groups (broad SMARTS) is 1. The molecule has 2 heterocycles. The molecule has 8 nitrogen and oxygen atoms in total. The number of rotatable bonds is 5. The highest BCUT2D eigenvalue weighted by Gasteiger charge is 2.37. The van der Waals surface area contributed by atoms with E-state index in [4.69, 9.17) is 9.84 Å². The predicted molar refractivity (Wildman–Crippen MR) is 118 cm³/mol. The van der Waals surface area contributed by atoms with E-state index in [2.05, 4.69) is 27.2 Å². The lowest BCUT2D eigenvalue weighted by Crippen LogP contribution is -2.33. The number of benzene rings is 1. The van der Waals surface area contributed by atoms with Crippen molar-refractivity contribution in [1.29, 1.82) is 0 Å². The molecule has 2 aromatic rings. The number of aromatic nitrogens is 1. The summed E-state index contributed by atoms with van der Waals surface area (Å²) in [6.45, 7) is 6.84. The van der Waals surface area contributed by atoms with Gasteiger partial charge in [-0.05, 0) is 68.7 Å². The summed E-state index contributed by atoms with van der Waals surface area (Å²) in [5.74, 6) is 0.404. The van der Waals surface area contributed by atoms with E-state index in [-0.39, 0.29) is 22.7 Å². The van der Waals surface area contributed by atoms with Gasteiger partial charge >= 0.3 is 5.97 Å². The number of nitrogens with zero attached hydrogens (tertiary/aromatic N) is 1. The molecule has 2 aliphatic rings. The minimum atomic E-state index is -1.08. The molecule has 1 aromatic heterocycles. The zero-order valence-corrected chi connectivity index (χ0v) is 18.8. The summed E-state index contributed by atoms with van der Waals surface area (Å²) in [4.78, 5) is 28.2. The minimum absolute atomic E-state index is 0.00774. The van der Waals surface area contributed by atoms with Gasteiger partial charge < -0.3 is 25.0 Å². The number of oxime groups is 1. The molecule has 9 heteroatoms. The van der Waals surface area contributed by atoms with Crippen molar-refractivity contribution in [3.63, 3.8) is 0 Å². The first-order valence-corrected chi connectivity index (χ1v) is 10.7. The Morgan fingerprint density at radius 3 is 2.69 bits per heavy atom. The van der Waals surface area contributed by atoms with Gasteiger partial charge in [0, 0.05) is 17.9 Å². The lowest BCUT2D eigenvalue weighted by Gasteiger charge is -2.35. The molecule has 1 amide bonds. The number of hydrogen-bond donors (Lipinski definition) is 3. The molecule has 1 aliphatic heterocycles. The Morgan fingerprint density at radius 2 is 2.12 bits per heavy atom. The highest BCUT2D eigenvalue weighted by Crippen LogP contribution is 2.38. The maximum Gasteiger partial charge on any atom is 0.352 e. The number of nitrogens with one attached hydrogen (secondary N) is 2. The van der Waals surface area contributed by atoms with Crippen molar-refractivity contribution in [2.75, 3.05) is 13.7 Å². The van der Waals surface area contributed by atoms with Gasteiger partial charge in [0.25, 0.3) is 0 Å². The second-order valence-electron chi connectivity index (χ2n) is 8.99. The molecule has 1 saturated carbocycles. The van der Waals surface area contributed by atoms with Crippen molar-refractivity contribution in [1.82, 2.24) is 10.3 Å². The third kappa shape index (κ3) is 5.64. The molecule has 2 fully saturated rings. The molecule has 3 atom stereocenters. The lowest BCUT2D eigenvalue weighted by molar-refractivity contribution is -0.108. The molecular weight excluding hydrogens is 417 g/mol. The van der Waals surface area contributed by atoms with Crippen LogP contribution >= 0.6 is 0 Å². The number of ether oxygens (including phenoxy) is 1. The van der Waals surface area contributed by atoms with Crippen LogP contribution in [0.4, 0.5) is 4.39 Å². The molecule has 2 unspecified atom stereocenters. The third-order valence-electron chi connectivity index (χ3n) is 5.96. The van der Waals surface area contributed by atoms with E-state index in [0.29, 0.717) is 36.1 Å². The Kier molecular flexibility index (Phi) is 7.18. The Bertz CT molecular complexity index is 1020. The van der Waals surface area contributed by atoms with Crippen LogP contribution in [0.2, 0.25) is 0 Å². The molecule has 1 aromatic carbocycles. The summed E-state index contributed by atoms with van der Waals surface area (Å²) in [6, 6.07) is 4.87. The molecule has 0 bridgehead atoms. The molecular formula is C23H30FN3O5. The van der Waals surface area contributed by atoms with E-state index in [1.807, 2.05) is 19.9 Å². The van der Waals surface area contributed by atoms with Gasteiger partial charge in [-0.15, -0.1) is 0 Å². The molecule has 32 heavy (non-hydrogen) atoms. The zero-order valence-electron chi connectivity index (χ0n) is 18.8. The minimum Gasteiger partial charge on any atom is -0.477 e. The number of halogens is 1. The van der Waals surface area contributed by atoms with Gasteiger partial charge in [0.05, 0.1) is 11.1 Å². The summed E-state index contributed by atoms with van der Waals surface area (Å²) in [7, 11) is 1.47. The average molecular weight is 448 g/mol. The van der Waals surface area contributed by atoms with Gasteiger partial charge in [-0.25, -0.2) is 9.18 Å². The summed E-state index contributed by atoms with van der Waals surface area (Å²) in [5, 5.41) is 15.8. The van der Waals surface area contributed by atoms with Crippen LogP contribution in [-0.4, -0.2) is 47.6 Å². The Hall–Kier alpha value is -2.94. The summed E-state index contributed by atoms with van der Waals surface area (Å²) in [6.07, 6.45) is 3.39. The van der Waals surface area contributed by atoms with Gasteiger partial charge in [-0.3, -0.25) is 4.79 Å². The monoisotopic (exact) mass is 447 g/mol. The summed E-state index contributed by atoms with van der Waals surface area (Å²) >= 11 is 0. The lowest BCUT2D eigenvalue weighted by atomic mass is 9.83. The number of fused-ring (bicyclic) bond motifs is 1. The van der Waals surface area contributed by atoms with Crippen molar-refractivity contribution in [2.45, 2.75) is 51.6 Å². The van der Waals surface area contributed by atoms with Crippen LogP contribution in [0.5, 0.6) is 0 Å². The Labute approximate surface area is 186 Å². The van der Waals surface area contributed by atoms with Crippen molar-refractivity contribution in [3.8, 4) is 0 Å². The highest BCUT2D eigenvalue weighted by atomic mass is 19.1. The number of aromatic carboxylic acids is 1. The number of H-pyrrole nitrogens is 1. The van der Waals surface area contributed by atoms with E-state index in [9.17, 15) is 14.0 Å². The number of amidine groups is 1. The van der Waals surface area contributed by atoms with E-state index >= 15 is 0 Å². The smallest absolute Gasteiger partial charge is 0.352 e. The average Bonchev–Trinajstić information content (AvgIpc) is 3.28. The first kappa shape index (κ1) is 23.7. The van der Waals surface area contributed by atoms with Crippen molar-refractivity contribution >= 4 is 29.1 Å². The van der Waals surface area contributed by atoms with Crippen molar-refractivity contribution < 1.29 is 28.7 Å². The van der Waals surface area contributed by atoms with Gasteiger partial charge in [0.1, 0.15) is 18.6 Å². The Morgan fingerprint density at radius 1 is 1.41 bits per heavy atom. The van der Waals surface area contributed by atoms with Crippen LogP contribution in [0, 0.1) is 17.7 Å². The topological polar surface area (TPSA) is 113 Å². The number of carbonyl (C=O) groups excluding carboxylic acids is 1. The number of carbonyl (C=O) groups is 2. The maximum absolute atomic E-state index is 14.2. The first-order chi connectivity index (χ1) is 15.1. The van der Waals surface area contributed by atoms with Gasteiger partial charge in [0.2, 0.25) is 6.41 Å². The second kappa shape index (κ2) is 9.68. The SMILES string of the molecule is CC1(C)C[C@@H](c2cc(F)c3[nH]c(C(=O)O)cc3c2)CCO1.CO/N=C(\NC=O)C1CC1C. The number of aromatic amines is 1. The van der Waals surface area contributed by atoms with Gasteiger partial charge in [0.15, 0.2) is 5.84 Å². The molecule has 1 aliphatic carbocycles. The number of amides is 1. The zero-order chi connectivity index (χ0) is 23.5. The molecule has 4 rings (SSSR count). The molecule has 174 valence electrons. The van der Waals surface area contributed by atoms with E-state index in [1.165, 1.54) is 19.2 Å². The second-order valence-corrected chi connectivity index (χ2v) is 8.99. The van der Waals surface area contributed by atoms with Gasteiger partial charge in [-0.1, -0.05) is 12.1 Å². The summed E-state index contributed by atoms with van der Waals surface area (Å²) in [5.41, 5.74) is 0.960. The highest BCUT2D eigenvalue weighted by molar-refractivity contribution is 5.94. The predicted octanol–water partition coefficient (Wildman–Crippen LogP) is 4.03. The van der Waals surface area contributed by atoms with Gasteiger partial charge in [-0.2, -0.15) is 0 Å². The van der Waals surface area contributed by atoms with Crippen LogP contribution < -0.4 is 5.32 Å². The van der Waals surface area contributed by atoms with Crippen LogP contribution in [0.15, 0.2) is 23.4 Å². The third-order valence-corrected chi connectivity index (χ3v) is 5.96. The molecule has 3 N–H and O–H groups in total. The van der Waals surface area contributed by atoms with Crippen molar-refractivity contribution in [3.05, 3.63) is 35.3 Å². The van der Waals surface area contributed by atoms with Crippen LogP contribution in [0.3, 0.4) is 0 Å². The first-order valence-electron chi connectivity index (χ1n) is 10.7. The fourth-order valence-electron chi connectivity index (χ4n) is 4.15. The largest absolute Gasteiger partial charge is 0.477 e. The fraction of sp³-hybridized carbons (Fsp3) is 0.522. The van der Waals surface area contributed by atoms with E-state index < -0.39 is 11.8 Å². The van der Waals surface area contributed by atoms with Crippen LogP contribution in [0.1, 0.15) is 62.0 Å². The number of hydrogen-bond acceptors (Lipinski definition) is 5. The normalized spacial score (nSPS) is 24.3. The standard InChI is InChI=1S/C16H18FNO3.C7H12N2O2/c1-16(2)8-9(3-4-21-16)10-5-11-7-13(15(19)20)18-14(11)12(17)6-10;1-5-3-6(5)7(8-4-10)9-11-2/h5-7,9,18H,3-4,8H2,1-2H3,(H,19,20);4-6H,3H2,1-2H3,(H,8,9,10)/t9-;/m0./s1. The van der Waals surface area contributed by atoms with E-state index in [1.54, 1.807) is 0 Å². The molecule has 0 radical (unpaired) electrons. The Balaban J connectivity index is 0.000000222. The van der Waals surface area contributed by atoms with Crippen LogP contribution in [0.25, 0.3) is 10.9 Å². The van der Waals surface area contributed by atoms with Crippen molar-refractivity contribution in [2.24, 2.45) is 17.0 Å².